The Labute approximate surface area is 121 Å². The van der Waals surface area contributed by atoms with Gasteiger partial charge in [0.05, 0.1) is 6.54 Å². The van der Waals surface area contributed by atoms with Gasteiger partial charge in [-0.25, -0.2) is 0 Å². The predicted octanol–water partition coefficient (Wildman–Crippen LogP) is 2.08. The molecule has 112 valence electrons. The molecule has 0 spiro atoms. The van der Waals surface area contributed by atoms with Gasteiger partial charge in [0.25, 0.3) is 0 Å². The van der Waals surface area contributed by atoms with E-state index < -0.39 is 0 Å². The van der Waals surface area contributed by atoms with Crippen LogP contribution in [0.15, 0.2) is 0 Å². The van der Waals surface area contributed by atoms with Crippen LogP contribution in [0.3, 0.4) is 0 Å². The monoisotopic (exact) mass is 278 g/mol. The molecule has 1 unspecified atom stereocenters. The zero-order valence-electron chi connectivity index (χ0n) is 12.3. The Morgan fingerprint density at radius 1 is 1.00 bits per heavy atom. The lowest BCUT2D eigenvalue weighted by Gasteiger charge is -2.38. The summed E-state index contributed by atoms with van der Waals surface area (Å²) in [6.45, 7) is 1.05. The Hall–Kier alpha value is -1.06. The average molecular weight is 278 g/mol. The van der Waals surface area contributed by atoms with E-state index in [4.69, 9.17) is 0 Å². The summed E-state index contributed by atoms with van der Waals surface area (Å²) in [7, 11) is 0. The van der Waals surface area contributed by atoms with Crippen LogP contribution in [0.5, 0.6) is 0 Å². The SMILES string of the molecule is O=C1CN(CCC2CCC2)C(=O)C(C2CCCCC2)N1. The smallest absolute Gasteiger partial charge is 0.245 e. The molecule has 0 aromatic heterocycles. The first-order valence-electron chi connectivity index (χ1n) is 8.32. The minimum Gasteiger partial charge on any atom is -0.342 e. The predicted molar refractivity (Wildman–Crippen MR) is 77.0 cm³/mol. The Kier molecular flexibility index (Phi) is 4.27. The van der Waals surface area contributed by atoms with E-state index in [2.05, 4.69) is 5.32 Å². The van der Waals surface area contributed by atoms with Gasteiger partial charge in [0.15, 0.2) is 0 Å². The van der Waals surface area contributed by atoms with Gasteiger partial charge in [-0.1, -0.05) is 38.5 Å². The van der Waals surface area contributed by atoms with Crippen LogP contribution in [-0.4, -0.2) is 35.8 Å². The number of rotatable bonds is 4. The molecule has 4 nitrogen and oxygen atoms in total. The zero-order valence-corrected chi connectivity index (χ0v) is 12.3. The number of carbonyl (C=O) groups is 2. The summed E-state index contributed by atoms with van der Waals surface area (Å²) in [5.41, 5.74) is 0. The maximum Gasteiger partial charge on any atom is 0.245 e. The highest BCUT2D eigenvalue weighted by Gasteiger charge is 2.38. The Morgan fingerprint density at radius 3 is 2.40 bits per heavy atom. The molecule has 3 rings (SSSR count). The van der Waals surface area contributed by atoms with E-state index >= 15 is 0 Å². The van der Waals surface area contributed by atoms with Gasteiger partial charge in [0.2, 0.25) is 11.8 Å². The highest BCUT2D eigenvalue weighted by atomic mass is 16.2. The number of amides is 2. The molecule has 3 aliphatic rings. The molecule has 1 heterocycles. The topological polar surface area (TPSA) is 49.4 Å². The number of hydrogen-bond donors (Lipinski definition) is 1. The van der Waals surface area contributed by atoms with Crippen LogP contribution < -0.4 is 5.32 Å². The van der Waals surface area contributed by atoms with Crippen LogP contribution >= 0.6 is 0 Å². The highest BCUT2D eigenvalue weighted by Crippen LogP contribution is 2.31. The third kappa shape index (κ3) is 2.99. The zero-order chi connectivity index (χ0) is 13.9. The molecule has 2 amide bonds. The van der Waals surface area contributed by atoms with Crippen molar-refractivity contribution in [1.29, 1.82) is 0 Å². The van der Waals surface area contributed by atoms with Crippen LogP contribution in [0.1, 0.15) is 57.8 Å². The normalized spacial score (nSPS) is 29.2. The number of nitrogens with zero attached hydrogens (tertiary/aromatic N) is 1. The van der Waals surface area contributed by atoms with E-state index in [9.17, 15) is 9.59 Å². The molecule has 2 saturated carbocycles. The van der Waals surface area contributed by atoms with Crippen molar-refractivity contribution >= 4 is 11.8 Å². The average Bonchev–Trinajstić information content (AvgIpc) is 2.41. The number of piperazine rings is 1. The largest absolute Gasteiger partial charge is 0.342 e. The molecule has 0 bridgehead atoms. The van der Waals surface area contributed by atoms with E-state index in [-0.39, 0.29) is 24.4 Å². The first-order valence-corrected chi connectivity index (χ1v) is 8.32. The minimum absolute atomic E-state index is 0.0359. The third-order valence-corrected chi connectivity index (χ3v) is 5.38. The van der Waals surface area contributed by atoms with Crippen LogP contribution in [-0.2, 0) is 9.59 Å². The molecule has 0 radical (unpaired) electrons. The van der Waals surface area contributed by atoms with Gasteiger partial charge in [-0.3, -0.25) is 9.59 Å². The van der Waals surface area contributed by atoms with E-state index in [1.54, 1.807) is 0 Å². The van der Waals surface area contributed by atoms with Crippen LogP contribution in [0.4, 0.5) is 0 Å². The summed E-state index contributed by atoms with van der Waals surface area (Å²) in [5, 5.41) is 2.95. The molecule has 2 aliphatic carbocycles. The van der Waals surface area contributed by atoms with Gasteiger partial charge in [0, 0.05) is 6.54 Å². The maximum absolute atomic E-state index is 12.6. The van der Waals surface area contributed by atoms with Gasteiger partial charge in [-0.15, -0.1) is 0 Å². The fraction of sp³-hybridized carbons (Fsp3) is 0.875. The Balaban J connectivity index is 1.58. The van der Waals surface area contributed by atoms with Gasteiger partial charge in [-0.2, -0.15) is 0 Å². The van der Waals surface area contributed by atoms with Crippen molar-refractivity contribution in [3.05, 3.63) is 0 Å². The molecule has 1 aliphatic heterocycles. The lowest BCUT2D eigenvalue weighted by Crippen LogP contribution is -2.60. The van der Waals surface area contributed by atoms with E-state index in [1.807, 2.05) is 4.90 Å². The Morgan fingerprint density at radius 2 is 1.75 bits per heavy atom. The fourth-order valence-corrected chi connectivity index (χ4v) is 3.82. The molecular formula is C16H26N2O2. The third-order valence-electron chi connectivity index (χ3n) is 5.38. The van der Waals surface area contributed by atoms with Crippen LogP contribution in [0, 0.1) is 11.8 Å². The summed E-state index contributed by atoms with van der Waals surface area (Å²) in [5.74, 6) is 1.37. The molecule has 3 fully saturated rings. The van der Waals surface area contributed by atoms with Gasteiger partial charge >= 0.3 is 0 Å². The standard InChI is InChI=1S/C16H26N2O2/c19-14-11-18(10-9-12-5-4-6-12)16(20)15(17-14)13-7-2-1-3-8-13/h12-13,15H,1-11H2,(H,17,19). The molecule has 1 saturated heterocycles. The molecular weight excluding hydrogens is 252 g/mol. The lowest BCUT2D eigenvalue weighted by molar-refractivity contribution is -0.146. The maximum atomic E-state index is 12.6. The van der Waals surface area contributed by atoms with Crippen molar-refractivity contribution in [2.24, 2.45) is 11.8 Å². The van der Waals surface area contributed by atoms with Crippen LogP contribution in [0.25, 0.3) is 0 Å². The van der Waals surface area contributed by atoms with Crippen molar-refractivity contribution in [1.82, 2.24) is 10.2 Å². The second kappa shape index (κ2) is 6.15. The summed E-state index contributed by atoms with van der Waals surface area (Å²) in [6.07, 6.45) is 10.9. The first-order chi connectivity index (χ1) is 9.74. The minimum atomic E-state index is -0.238. The second-order valence-electron chi connectivity index (χ2n) is 6.79. The summed E-state index contributed by atoms with van der Waals surface area (Å²) in [6, 6.07) is -0.238. The number of hydrogen-bond acceptors (Lipinski definition) is 2. The van der Waals surface area contributed by atoms with E-state index in [0.717, 1.165) is 31.7 Å². The summed E-state index contributed by atoms with van der Waals surface area (Å²) < 4.78 is 0. The van der Waals surface area contributed by atoms with Gasteiger partial charge < -0.3 is 10.2 Å². The highest BCUT2D eigenvalue weighted by molar-refractivity contribution is 5.95. The van der Waals surface area contributed by atoms with E-state index in [1.165, 1.54) is 38.5 Å². The summed E-state index contributed by atoms with van der Waals surface area (Å²) >= 11 is 0. The summed E-state index contributed by atoms with van der Waals surface area (Å²) in [4.78, 5) is 26.3. The molecule has 0 aromatic carbocycles. The van der Waals surface area contributed by atoms with Gasteiger partial charge in [0.1, 0.15) is 6.04 Å². The van der Waals surface area contributed by atoms with Crippen LogP contribution in [0.2, 0.25) is 0 Å². The van der Waals surface area contributed by atoms with Crippen molar-refractivity contribution < 1.29 is 9.59 Å². The van der Waals surface area contributed by atoms with Crippen molar-refractivity contribution in [2.45, 2.75) is 63.8 Å². The second-order valence-corrected chi connectivity index (χ2v) is 6.79. The molecule has 1 N–H and O–H groups in total. The van der Waals surface area contributed by atoms with Gasteiger partial charge in [-0.05, 0) is 31.1 Å². The van der Waals surface area contributed by atoms with E-state index in [0.29, 0.717) is 5.92 Å². The quantitative estimate of drug-likeness (QED) is 0.856. The van der Waals surface area contributed by atoms with Crippen molar-refractivity contribution in [3.8, 4) is 0 Å². The lowest BCUT2D eigenvalue weighted by atomic mass is 9.81. The Bertz CT molecular complexity index is 373. The molecule has 1 atom stereocenters. The molecule has 0 aromatic rings. The number of carbonyl (C=O) groups excluding carboxylic acids is 2. The molecule has 20 heavy (non-hydrogen) atoms. The first kappa shape index (κ1) is 13.9. The number of nitrogens with one attached hydrogen (secondary N) is 1. The van der Waals surface area contributed by atoms with Crippen molar-refractivity contribution in [2.75, 3.05) is 13.1 Å². The van der Waals surface area contributed by atoms with Crippen molar-refractivity contribution in [3.63, 3.8) is 0 Å². The molecule has 4 heteroatoms. The fourth-order valence-electron chi connectivity index (χ4n) is 3.82.